The highest BCUT2D eigenvalue weighted by atomic mass is 32.1. The first-order valence-electron chi connectivity index (χ1n) is 2.43. The van der Waals surface area contributed by atoms with E-state index in [0.29, 0.717) is 5.75 Å². The van der Waals surface area contributed by atoms with Crippen LogP contribution in [0.1, 0.15) is 6.42 Å². The molecule has 0 spiro atoms. The summed E-state index contributed by atoms with van der Waals surface area (Å²) in [4.78, 5) is 0. The molecule has 0 aromatic heterocycles. The monoisotopic (exact) mass is 150 g/mol. The van der Waals surface area contributed by atoms with E-state index in [-0.39, 0.29) is 6.04 Å². The lowest BCUT2D eigenvalue weighted by Crippen LogP contribution is -2.05. The molecule has 0 bridgehead atoms. The van der Waals surface area contributed by atoms with Gasteiger partial charge in [-0.25, -0.2) is 5.53 Å². The van der Waals surface area contributed by atoms with Crippen molar-refractivity contribution in [2.45, 2.75) is 12.5 Å². The summed E-state index contributed by atoms with van der Waals surface area (Å²) >= 11 is 7.97. The van der Waals surface area contributed by atoms with Crippen LogP contribution in [-0.2, 0) is 0 Å². The minimum absolute atomic E-state index is 0.0795. The summed E-state index contributed by atoms with van der Waals surface area (Å²) in [6.45, 7) is 0. The van der Waals surface area contributed by atoms with E-state index in [1.54, 1.807) is 0 Å². The highest BCUT2D eigenvalue weighted by Gasteiger charge is 1.99. The number of hydrogen-bond donors (Lipinski definition) is 3. The van der Waals surface area contributed by atoms with Crippen LogP contribution in [0, 0.1) is 5.53 Å². The van der Waals surface area contributed by atoms with E-state index in [0.717, 1.165) is 12.2 Å². The Hall–Kier alpha value is 0.300. The van der Waals surface area contributed by atoms with Gasteiger partial charge in [0.2, 0.25) is 0 Å². The molecule has 8 heavy (non-hydrogen) atoms. The number of nitrogens with zero attached hydrogens (tertiary/aromatic N) is 1. The zero-order chi connectivity index (χ0) is 6.41. The maximum absolute atomic E-state index is 6.61. The zero-order valence-electron chi connectivity index (χ0n) is 4.54. The summed E-state index contributed by atoms with van der Waals surface area (Å²) in [7, 11) is 0. The summed E-state index contributed by atoms with van der Waals surface area (Å²) in [5.41, 5.74) is 6.61. The van der Waals surface area contributed by atoms with Gasteiger partial charge in [0.05, 0.1) is 6.04 Å². The van der Waals surface area contributed by atoms with Crippen molar-refractivity contribution in [3.63, 3.8) is 0 Å². The van der Waals surface area contributed by atoms with Gasteiger partial charge in [-0.15, -0.1) is 0 Å². The molecule has 1 unspecified atom stereocenters. The van der Waals surface area contributed by atoms with Crippen LogP contribution in [0.25, 0.3) is 0 Å². The third kappa shape index (κ3) is 3.32. The topological polar surface area (TPSA) is 36.2 Å². The second-order valence-electron chi connectivity index (χ2n) is 1.48. The largest absolute Gasteiger partial charge is 0.210 e. The first kappa shape index (κ1) is 8.30. The van der Waals surface area contributed by atoms with Crippen molar-refractivity contribution >= 4 is 25.3 Å². The van der Waals surface area contributed by atoms with E-state index in [9.17, 15) is 0 Å². The van der Waals surface area contributed by atoms with Gasteiger partial charge in [-0.3, -0.25) is 0 Å². The Balaban J connectivity index is 3.21. The van der Waals surface area contributed by atoms with Crippen LogP contribution in [-0.4, -0.2) is 17.5 Å². The maximum Gasteiger partial charge on any atom is 0.0801 e. The molecule has 4 heteroatoms. The lowest BCUT2D eigenvalue weighted by molar-refractivity contribution is 0.676. The smallest absolute Gasteiger partial charge is 0.0801 e. The first-order valence-corrected chi connectivity index (χ1v) is 3.70. The van der Waals surface area contributed by atoms with Crippen LogP contribution in [0.15, 0.2) is 5.11 Å². The van der Waals surface area contributed by atoms with Gasteiger partial charge in [-0.1, -0.05) is 0 Å². The fourth-order valence-corrected chi connectivity index (χ4v) is 0.908. The SMILES string of the molecule is N=NC(CS)CCS. The fourth-order valence-electron chi connectivity index (χ4n) is 0.346. The Morgan fingerprint density at radius 2 is 2.12 bits per heavy atom. The van der Waals surface area contributed by atoms with Crippen molar-refractivity contribution in [1.29, 1.82) is 5.53 Å². The van der Waals surface area contributed by atoms with Crippen molar-refractivity contribution < 1.29 is 0 Å². The molecule has 0 heterocycles. The Morgan fingerprint density at radius 1 is 1.50 bits per heavy atom. The Labute approximate surface area is 60.4 Å². The molecule has 0 rings (SSSR count). The molecule has 0 aliphatic heterocycles. The van der Waals surface area contributed by atoms with Gasteiger partial charge in [0.1, 0.15) is 0 Å². The van der Waals surface area contributed by atoms with E-state index in [1.807, 2.05) is 0 Å². The fraction of sp³-hybridized carbons (Fsp3) is 1.00. The molecule has 0 fully saturated rings. The number of thiol groups is 2. The minimum atomic E-state index is 0.0795. The summed E-state index contributed by atoms with van der Waals surface area (Å²) in [5.74, 6) is 1.44. The third-order valence-electron chi connectivity index (χ3n) is 0.856. The van der Waals surface area contributed by atoms with Crippen LogP contribution >= 0.6 is 25.3 Å². The molecule has 0 aromatic carbocycles. The second kappa shape index (κ2) is 5.44. The van der Waals surface area contributed by atoms with Crippen LogP contribution < -0.4 is 0 Å². The molecule has 0 saturated heterocycles. The maximum atomic E-state index is 6.61. The van der Waals surface area contributed by atoms with E-state index >= 15 is 0 Å². The molecule has 1 atom stereocenters. The predicted octanol–water partition coefficient (Wildman–Crippen LogP) is 1.64. The van der Waals surface area contributed by atoms with Gasteiger partial charge in [0.25, 0.3) is 0 Å². The third-order valence-corrected chi connectivity index (χ3v) is 1.54. The quantitative estimate of drug-likeness (QED) is 0.402. The Morgan fingerprint density at radius 3 is 2.25 bits per heavy atom. The van der Waals surface area contributed by atoms with Crippen molar-refractivity contribution in [1.82, 2.24) is 0 Å². The molecular formula is C4H10N2S2. The van der Waals surface area contributed by atoms with Crippen molar-refractivity contribution in [3.05, 3.63) is 0 Å². The highest BCUT2D eigenvalue weighted by molar-refractivity contribution is 7.80. The van der Waals surface area contributed by atoms with E-state index < -0.39 is 0 Å². The van der Waals surface area contributed by atoms with Gasteiger partial charge in [0, 0.05) is 5.75 Å². The van der Waals surface area contributed by atoms with Gasteiger partial charge in [-0.05, 0) is 12.2 Å². The molecule has 0 aliphatic carbocycles. The van der Waals surface area contributed by atoms with Crippen molar-refractivity contribution in [2.24, 2.45) is 5.11 Å². The van der Waals surface area contributed by atoms with Crippen LogP contribution in [0.2, 0.25) is 0 Å². The summed E-state index contributed by atoms with van der Waals surface area (Å²) in [6, 6.07) is 0.0795. The van der Waals surface area contributed by atoms with Crippen molar-refractivity contribution in [3.8, 4) is 0 Å². The molecule has 2 nitrogen and oxygen atoms in total. The lowest BCUT2D eigenvalue weighted by Gasteiger charge is -2.01. The van der Waals surface area contributed by atoms with Gasteiger partial charge < -0.3 is 0 Å². The van der Waals surface area contributed by atoms with Gasteiger partial charge >= 0.3 is 0 Å². The molecule has 0 radical (unpaired) electrons. The number of hydrogen-bond acceptors (Lipinski definition) is 4. The zero-order valence-corrected chi connectivity index (χ0v) is 6.33. The minimum Gasteiger partial charge on any atom is -0.210 e. The summed E-state index contributed by atoms with van der Waals surface area (Å²) in [5, 5.41) is 3.32. The molecular weight excluding hydrogens is 140 g/mol. The molecule has 0 aliphatic rings. The molecule has 1 N–H and O–H groups in total. The molecule has 48 valence electrons. The van der Waals surface area contributed by atoms with Crippen molar-refractivity contribution in [2.75, 3.05) is 11.5 Å². The average molecular weight is 150 g/mol. The number of rotatable bonds is 4. The molecule has 0 amide bonds. The molecule has 0 aromatic rings. The highest BCUT2D eigenvalue weighted by Crippen LogP contribution is 2.00. The van der Waals surface area contributed by atoms with Gasteiger partial charge in [-0.2, -0.15) is 30.4 Å². The lowest BCUT2D eigenvalue weighted by atomic mass is 10.3. The van der Waals surface area contributed by atoms with Crippen LogP contribution in [0.4, 0.5) is 0 Å². The summed E-state index contributed by atoms with van der Waals surface area (Å²) < 4.78 is 0. The van der Waals surface area contributed by atoms with Crippen LogP contribution in [0.3, 0.4) is 0 Å². The predicted molar refractivity (Wildman–Crippen MR) is 41.3 cm³/mol. The average Bonchev–Trinajstić information content (AvgIpc) is 1.83. The van der Waals surface area contributed by atoms with E-state index in [4.69, 9.17) is 5.53 Å². The standard InChI is InChI=1S/C4H10N2S2/c5-6-4(3-8)1-2-7/h4-5,7-8H,1-3H2. The second-order valence-corrected chi connectivity index (χ2v) is 2.29. The van der Waals surface area contributed by atoms with Gasteiger partial charge in [0.15, 0.2) is 0 Å². The van der Waals surface area contributed by atoms with E-state index in [2.05, 4.69) is 30.4 Å². The molecule has 0 saturated carbocycles. The first-order chi connectivity index (χ1) is 3.85. The van der Waals surface area contributed by atoms with Crippen LogP contribution in [0.5, 0.6) is 0 Å². The van der Waals surface area contributed by atoms with E-state index in [1.165, 1.54) is 0 Å². The normalized spacial score (nSPS) is 13.2. The Kier molecular flexibility index (Phi) is 5.64. The summed E-state index contributed by atoms with van der Waals surface area (Å²) in [6.07, 6.45) is 0.857. The Bertz CT molecular complexity index is 67.1. The number of nitrogens with one attached hydrogen (secondary N) is 1.